The molecule has 0 unspecified atom stereocenters. The minimum absolute atomic E-state index is 0.0220. The molecule has 30 heavy (non-hydrogen) atoms. The first kappa shape index (κ1) is 23.4. The molecule has 0 saturated carbocycles. The summed E-state index contributed by atoms with van der Waals surface area (Å²) in [5.41, 5.74) is 2.90. The van der Waals surface area contributed by atoms with E-state index >= 15 is 0 Å². The molecule has 162 valence electrons. The topological polar surface area (TPSA) is 108 Å². The molecule has 0 heterocycles. The van der Waals surface area contributed by atoms with Crippen LogP contribution in [0.3, 0.4) is 0 Å². The molecule has 0 bridgehead atoms. The third-order valence-corrected chi connectivity index (χ3v) is 6.10. The Morgan fingerprint density at radius 2 is 1.70 bits per heavy atom. The molecule has 0 aliphatic rings. The van der Waals surface area contributed by atoms with Crippen LogP contribution in [0.4, 0.5) is 5.69 Å². The highest BCUT2D eigenvalue weighted by Crippen LogP contribution is 2.22. The van der Waals surface area contributed by atoms with Gasteiger partial charge < -0.3 is 16.0 Å². The summed E-state index contributed by atoms with van der Waals surface area (Å²) in [6.07, 6.45) is 0. The number of amides is 2. The fourth-order valence-electron chi connectivity index (χ4n) is 2.73. The molecule has 2 aromatic rings. The second kappa shape index (κ2) is 10.2. The number of hydrogen-bond acceptors (Lipinski definition) is 5. The van der Waals surface area contributed by atoms with Crippen LogP contribution in [-0.2, 0) is 21.4 Å². The molecule has 3 N–H and O–H groups in total. The Hall–Kier alpha value is -2.91. The van der Waals surface area contributed by atoms with Crippen LogP contribution in [0.5, 0.6) is 0 Å². The summed E-state index contributed by atoms with van der Waals surface area (Å²) in [5.74, 6) is -0.610. The number of hydrogen-bond donors (Lipinski definition) is 3. The SMILES string of the molecule is CC(=O)NCCNC(=O)c1cc(NCc2cccc(C)c2)cc(S(=O)(=O)N(C)C)c1. The number of rotatable bonds is 9. The van der Waals surface area contributed by atoms with Gasteiger partial charge in [-0.1, -0.05) is 29.8 Å². The van der Waals surface area contributed by atoms with Crippen molar-refractivity contribution in [2.75, 3.05) is 32.5 Å². The van der Waals surface area contributed by atoms with Gasteiger partial charge >= 0.3 is 0 Å². The maximum absolute atomic E-state index is 12.6. The molecule has 0 fully saturated rings. The predicted octanol–water partition coefficient (Wildman–Crippen LogP) is 1.72. The standard InChI is InChI=1S/C21H28N4O4S/c1-15-6-5-7-17(10-15)14-24-19-11-18(21(27)23-9-8-22-16(2)26)12-20(13-19)30(28,29)25(3)4/h5-7,10-13,24H,8-9,14H2,1-4H3,(H,22,26)(H,23,27). The average Bonchev–Trinajstić information content (AvgIpc) is 2.69. The second-order valence-corrected chi connectivity index (χ2v) is 9.27. The Morgan fingerprint density at radius 1 is 1.00 bits per heavy atom. The Kier molecular flexibility index (Phi) is 7.96. The average molecular weight is 433 g/mol. The van der Waals surface area contributed by atoms with Crippen LogP contribution in [0.2, 0.25) is 0 Å². The van der Waals surface area contributed by atoms with Crippen LogP contribution in [-0.4, -0.2) is 51.7 Å². The maximum atomic E-state index is 12.6. The molecule has 2 amide bonds. The van der Waals surface area contributed by atoms with Gasteiger partial charge in [0, 0.05) is 51.9 Å². The molecular weight excluding hydrogens is 404 g/mol. The number of nitrogens with one attached hydrogen (secondary N) is 3. The van der Waals surface area contributed by atoms with Crippen LogP contribution in [0.15, 0.2) is 47.4 Å². The van der Waals surface area contributed by atoms with Crippen molar-refractivity contribution in [2.24, 2.45) is 0 Å². The van der Waals surface area contributed by atoms with E-state index in [1.807, 2.05) is 31.2 Å². The van der Waals surface area contributed by atoms with E-state index in [0.29, 0.717) is 12.2 Å². The third-order valence-electron chi connectivity index (χ3n) is 4.31. The zero-order chi connectivity index (χ0) is 22.3. The highest BCUT2D eigenvalue weighted by molar-refractivity contribution is 7.89. The highest BCUT2D eigenvalue weighted by Gasteiger charge is 2.20. The lowest BCUT2D eigenvalue weighted by Gasteiger charge is -2.15. The quantitative estimate of drug-likeness (QED) is 0.523. The van der Waals surface area contributed by atoms with Crippen molar-refractivity contribution in [1.82, 2.24) is 14.9 Å². The van der Waals surface area contributed by atoms with Gasteiger partial charge in [0.1, 0.15) is 0 Å². The van der Waals surface area contributed by atoms with Crippen LogP contribution in [0.25, 0.3) is 0 Å². The lowest BCUT2D eigenvalue weighted by atomic mass is 10.1. The number of carbonyl (C=O) groups excluding carboxylic acids is 2. The number of sulfonamides is 1. The molecule has 0 aliphatic carbocycles. The van der Waals surface area contributed by atoms with E-state index in [1.165, 1.54) is 33.2 Å². The zero-order valence-electron chi connectivity index (χ0n) is 17.7. The van der Waals surface area contributed by atoms with Gasteiger partial charge in [-0.25, -0.2) is 12.7 Å². The zero-order valence-corrected chi connectivity index (χ0v) is 18.5. The molecule has 9 heteroatoms. The van der Waals surface area contributed by atoms with E-state index in [9.17, 15) is 18.0 Å². The van der Waals surface area contributed by atoms with Gasteiger partial charge in [-0.15, -0.1) is 0 Å². The lowest BCUT2D eigenvalue weighted by Crippen LogP contribution is -2.33. The fraction of sp³-hybridized carbons (Fsp3) is 0.333. The molecule has 0 aliphatic heterocycles. The third kappa shape index (κ3) is 6.57. The molecule has 0 radical (unpaired) electrons. The minimum atomic E-state index is -3.73. The van der Waals surface area contributed by atoms with Crippen molar-refractivity contribution in [3.8, 4) is 0 Å². The predicted molar refractivity (Wildman–Crippen MR) is 117 cm³/mol. The van der Waals surface area contributed by atoms with Crippen LogP contribution in [0, 0.1) is 6.92 Å². The number of carbonyl (C=O) groups is 2. The molecule has 2 rings (SSSR count). The van der Waals surface area contributed by atoms with Crippen molar-refractivity contribution in [3.05, 3.63) is 59.2 Å². The summed E-state index contributed by atoms with van der Waals surface area (Å²) in [6.45, 7) is 4.39. The van der Waals surface area contributed by atoms with Crippen molar-refractivity contribution in [1.29, 1.82) is 0 Å². The molecule has 0 atom stereocenters. The van der Waals surface area contributed by atoms with Gasteiger partial charge in [-0.2, -0.15) is 0 Å². The lowest BCUT2D eigenvalue weighted by molar-refractivity contribution is -0.118. The molecule has 0 spiro atoms. The maximum Gasteiger partial charge on any atom is 0.251 e. The summed E-state index contributed by atoms with van der Waals surface area (Å²) >= 11 is 0. The van der Waals surface area contributed by atoms with Gasteiger partial charge in [0.15, 0.2) is 0 Å². The minimum Gasteiger partial charge on any atom is -0.381 e. The van der Waals surface area contributed by atoms with Gasteiger partial charge in [0.2, 0.25) is 15.9 Å². The summed E-state index contributed by atoms with van der Waals surface area (Å²) in [4.78, 5) is 23.5. The van der Waals surface area contributed by atoms with Crippen LogP contribution in [0.1, 0.15) is 28.4 Å². The van der Waals surface area contributed by atoms with E-state index in [1.54, 1.807) is 6.07 Å². The summed E-state index contributed by atoms with van der Waals surface area (Å²) in [6, 6.07) is 12.4. The highest BCUT2D eigenvalue weighted by atomic mass is 32.2. The molecule has 2 aromatic carbocycles. The Balaban J connectivity index is 2.26. The van der Waals surface area contributed by atoms with Crippen molar-refractivity contribution in [3.63, 3.8) is 0 Å². The fourth-order valence-corrected chi connectivity index (χ4v) is 3.71. The summed E-state index contributed by atoms with van der Waals surface area (Å²) < 4.78 is 26.4. The second-order valence-electron chi connectivity index (χ2n) is 7.11. The van der Waals surface area contributed by atoms with E-state index in [4.69, 9.17) is 0 Å². The normalized spacial score (nSPS) is 11.2. The number of aryl methyl sites for hydroxylation is 1. The summed E-state index contributed by atoms with van der Waals surface area (Å²) in [7, 11) is -0.845. The first-order valence-electron chi connectivity index (χ1n) is 9.49. The Labute approximate surface area is 177 Å². The first-order chi connectivity index (χ1) is 14.1. The van der Waals surface area contributed by atoms with E-state index < -0.39 is 15.9 Å². The van der Waals surface area contributed by atoms with Gasteiger partial charge in [0.25, 0.3) is 5.91 Å². The Bertz CT molecular complexity index is 1020. The molecule has 0 aromatic heterocycles. The Morgan fingerprint density at radius 3 is 2.33 bits per heavy atom. The van der Waals surface area contributed by atoms with Crippen molar-refractivity contribution in [2.45, 2.75) is 25.3 Å². The largest absolute Gasteiger partial charge is 0.381 e. The molecular formula is C21H28N4O4S. The van der Waals surface area contributed by atoms with Crippen LogP contribution >= 0.6 is 0 Å². The van der Waals surface area contributed by atoms with E-state index in [0.717, 1.165) is 15.4 Å². The number of anilines is 1. The first-order valence-corrected chi connectivity index (χ1v) is 10.9. The molecule has 8 nitrogen and oxygen atoms in total. The summed E-state index contributed by atoms with van der Waals surface area (Å²) in [5, 5.41) is 8.47. The van der Waals surface area contributed by atoms with E-state index in [-0.39, 0.29) is 29.5 Å². The smallest absolute Gasteiger partial charge is 0.251 e. The van der Waals surface area contributed by atoms with Crippen LogP contribution < -0.4 is 16.0 Å². The van der Waals surface area contributed by atoms with Gasteiger partial charge in [-0.3, -0.25) is 9.59 Å². The molecule has 0 saturated heterocycles. The van der Waals surface area contributed by atoms with Gasteiger partial charge in [0.05, 0.1) is 4.90 Å². The van der Waals surface area contributed by atoms with Crippen molar-refractivity contribution < 1.29 is 18.0 Å². The van der Waals surface area contributed by atoms with Crippen molar-refractivity contribution >= 4 is 27.5 Å². The number of benzene rings is 2. The monoisotopic (exact) mass is 432 g/mol. The van der Waals surface area contributed by atoms with Gasteiger partial charge in [-0.05, 0) is 30.7 Å². The van der Waals surface area contributed by atoms with E-state index in [2.05, 4.69) is 16.0 Å². The number of nitrogens with zero attached hydrogens (tertiary/aromatic N) is 1.